The third-order valence-corrected chi connectivity index (χ3v) is 8.70. The Kier molecular flexibility index (Phi) is 22.4. The predicted molar refractivity (Wildman–Crippen MR) is 175 cm³/mol. The third kappa shape index (κ3) is 16.4. The van der Waals surface area contributed by atoms with Crippen LogP contribution in [0.4, 0.5) is 0 Å². The van der Waals surface area contributed by atoms with Crippen LogP contribution < -0.4 is 0 Å². The van der Waals surface area contributed by atoms with Crippen LogP contribution in [0.5, 0.6) is 0 Å². The molecule has 0 amide bonds. The van der Waals surface area contributed by atoms with Crippen molar-refractivity contribution in [2.45, 2.75) is 188 Å². The Bertz CT molecular complexity index is 829. The number of benzene rings is 1. The Morgan fingerprint density at radius 2 is 0.805 bits per heavy atom. The molecule has 0 aliphatic rings. The van der Waals surface area contributed by atoms with Gasteiger partial charge in [0, 0.05) is 0 Å². The highest BCUT2D eigenvalue weighted by Crippen LogP contribution is 2.30. The van der Waals surface area contributed by atoms with Gasteiger partial charge < -0.3 is 10.2 Å². The second kappa shape index (κ2) is 24.7. The Balaban J connectivity index is 3.03. The lowest BCUT2D eigenvalue weighted by molar-refractivity contribution is 0.0650. The molecule has 0 fully saturated rings. The van der Waals surface area contributed by atoms with Crippen LogP contribution >= 0.6 is 0 Å². The molecule has 0 bridgehead atoms. The molecule has 0 unspecified atom stereocenters. The number of hydrogen-bond donors (Lipinski definition) is 2. The first-order valence-electron chi connectivity index (χ1n) is 17.6. The van der Waals surface area contributed by atoms with Gasteiger partial charge in [-0.3, -0.25) is 0 Å². The van der Waals surface area contributed by atoms with Crippen LogP contribution in [-0.4, -0.2) is 22.2 Å². The van der Waals surface area contributed by atoms with Gasteiger partial charge in [0.15, 0.2) is 0 Å². The normalized spacial score (nSPS) is 11.3. The highest BCUT2D eigenvalue weighted by molar-refractivity contribution is 6.03. The molecule has 0 atom stereocenters. The van der Waals surface area contributed by atoms with Gasteiger partial charge in [0.25, 0.3) is 0 Å². The van der Waals surface area contributed by atoms with Crippen LogP contribution in [0.3, 0.4) is 0 Å². The van der Waals surface area contributed by atoms with Gasteiger partial charge >= 0.3 is 11.9 Å². The van der Waals surface area contributed by atoms with Gasteiger partial charge in [0.2, 0.25) is 0 Å². The molecule has 0 saturated carbocycles. The van der Waals surface area contributed by atoms with Crippen LogP contribution in [0, 0.1) is 0 Å². The van der Waals surface area contributed by atoms with E-state index in [1.165, 1.54) is 109 Å². The molecular weight excluding hydrogens is 508 g/mol. The van der Waals surface area contributed by atoms with E-state index in [0.717, 1.165) is 68.1 Å². The second-order valence-corrected chi connectivity index (χ2v) is 12.3. The SMILES string of the molecule is CCCCCCCCCCCc1c(CCCCCCCCC)c(CCCCCCCCC)cc(C(=O)O)c1C(=O)O. The smallest absolute Gasteiger partial charge is 0.336 e. The molecule has 2 N–H and O–H groups in total. The number of hydrogen-bond acceptors (Lipinski definition) is 2. The van der Waals surface area contributed by atoms with E-state index in [2.05, 4.69) is 20.8 Å². The standard InChI is InChI=1S/C37H64O4/c1-4-7-10-13-16-17-20-23-26-29-33-32(28-25-22-19-15-12-9-6-3)31(27-24-21-18-14-11-8-5-2)30-34(36(38)39)35(33)37(40)41/h30H,4-29H2,1-3H3,(H,38,39)(H,40,41). The van der Waals surface area contributed by atoms with Crippen LogP contribution in [0.2, 0.25) is 0 Å². The molecule has 0 spiro atoms. The molecule has 236 valence electrons. The summed E-state index contributed by atoms with van der Waals surface area (Å²) in [4.78, 5) is 24.7. The quantitative estimate of drug-likeness (QED) is 0.0979. The number of aryl methyl sites for hydroxylation is 1. The van der Waals surface area contributed by atoms with Crippen LogP contribution in [0.15, 0.2) is 6.07 Å². The fourth-order valence-corrected chi connectivity index (χ4v) is 6.21. The zero-order valence-electron chi connectivity index (χ0n) is 27.2. The zero-order valence-corrected chi connectivity index (χ0v) is 27.2. The van der Waals surface area contributed by atoms with Gasteiger partial charge in [-0.2, -0.15) is 0 Å². The van der Waals surface area contributed by atoms with E-state index >= 15 is 0 Å². The van der Waals surface area contributed by atoms with Crippen LogP contribution in [0.1, 0.15) is 206 Å². The maximum Gasteiger partial charge on any atom is 0.336 e. The Hall–Kier alpha value is -1.84. The van der Waals surface area contributed by atoms with Gasteiger partial charge in [-0.25, -0.2) is 9.59 Å². The lowest BCUT2D eigenvalue weighted by atomic mass is 9.84. The summed E-state index contributed by atoms with van der Waals surface area (Å²) in [5, 5.41) is 20.2. The van der Waals surface area contributed by atoms with Crippen molar-refractivity contribution < 1.29 is 19.8 Å². The highest BCUT2D eigenvalue weighted by Gasteiger charge is 2.25. The monoisotopic (exact) mass is 572 g/mol. The molecule has 4 heteroatoms. The first kappa shape index (κ1) is 37.2. The average molecular weight is 573 g/mol. The molecule has 4 nitrogen and oxygen atoms in total. The van der Waals surface area contributed by atoms with Gasteiger partial charge in [-0.05, 0) is 61.3 Å². The van der Waals surface area contributed by atoms with Crippen molar-refractivity contribution in [1.29, 1.82) is 0 Å². The van der Waals surface area contributed by atoms with Crippen molar-refractivity contribution in [1.82, 2.24) is 0 Å². The van der Waals surface area contributed by atoms with E-state index in [1.54, 1.807) is 6.07 Å². The largest absolute Gasteiger partial charge is 0.478 e. The number of unbranched alkanes of at least 4 members (excludes halogenated alkanes) is 20. The lowest BCUT2D eigenvalue weighted by Gasteiger charge is -2.20. The van der Waals surface area contributed by atoms with Crippen molar-refractivity contribution in [3.63, 3.8) is 0 Å². The lowest BCUT2D eigenvalue weighted by Crippen LogP contribution is -2.16. The summed E-state index contributed by atoms with van der Waals surface area (Å²) in [5.41, 5.74) is 3.12. The van der Waals surface area contributed by atoms with E-state index in [4.69, 9.17) is 0 Å². The Morgan fingerprint density at radius 1 is 0.463 bits per heavy atom. The summed E-state index contributed by atoms with van der Waals surface area (Å²) in [6, 6.07) is 1.72. The van der Waals surface area contributed by atoms with Crippen molar-refractivity contribution in [2.24, 2.45) is 0 Å². The molecule has 0 saturated heterocycles. The predicted octanol–water partition coefficient (Wildman–Crippen LogP) is 11.7. The maximum absolute atomic E-state index is 12.5. The maximum atomic E-state index is 12.5. The molecule has 41 heavy (non-hydrogen) atoms. The molecule has 1 aromatic rings. The summed E-state index contributed by atoms with van der Waals surface area (Å²) < 4.78 is 0. The number of carboxylic acids is 2. The zero-order chi connectivity index (χ0) is 30.1. The minimum Gasteiger partial charge on any atom is -0.478 e. The van der Waals surface area contributed by atoms with Gasteiger partial charge in [-0.15, -0.1) is 0 Å². The highest BCUT2D eigenvalue weighted by atomic mass is 16.4. The fourth-order valence-electron chi connectivity index (χ4n) is 6.21. The minimum absolute atomic E-state index is 0.00955. The Labute approximate surface area is 253 Å². The summed E-state index contributed by atoms with van der Waals surface area (Å²) in [5.74, 6) is -2.20. The van der Waals surface area contributed by atoms with E-state index in [0.29, 0.717) is 6.42 Å². The summed E-state index contributed by atoms with van der Waals surface area (Å²) in [6.07, 6.45) is 30.3. The van der Waals surface area contributed by atoms with Gasteiger partial charge in [0.1, 0.15) is 0 Å². The topological polar surface area (TPSA) is 74.6 Å². The number of carbonyl (C=O) groups is 2. The molecule has 1 rings (SSSR count). The van der Waals surface area contributed by atoms with Crippen molar-refractivity contribution in [2.75, 3.05) is 0 Å². The summed E-state index contributed by atoms with van der Waals surface area (Å²) in [7, 11) is 0. The first-order chi connectivity index (χ1) is 20.0. The fraction of sp³-hybridized carbons (Fsp3) is 0.784. The molecule has 0 aromatic heterocycles. The third-order valence-electron chi connectivity index (χ3n) is 8.70. The van der Waals surface area contributed by atoms with Crippen molar-refractivity contribution >= 4 is 11.9 Å². The molecule has 0 radical (unpaired) electrons. The van der Waals surface area contributed by atoms with E-state index in [1.807, 2.05) is 0 Å². The van der Waals surface area contributed by atoms with E-state index in [-0.39, 0.29) is 11.1 Å². The summed E-state index contributed by atoms with van der Waals surface area (Å²) >= 11 is 0. The average Bonchev–Trinajstić information content (AvgIpc) is 2.95. The van der Waals surface area contributed by atoms with Crippen molar-refractivity contribution in [3.8, 4) is 0 Å². The molecule has 0 heterocycles. The van der Waals surface area contributed by atoms with Crippen molar-refractivity contribution in [3.05, 3.63) is 33.9 Å². The van der Waals surface area contributed by atoms with E-state index < -0.39 is 11.9 Å². The van der Waals surface area contributed by atoms with Crippen LogP contribution in [0.25, 0.3) is 0 Å². The minimum atomic E-state index is -1.11. The Morgan fingerprint density at radius 3 is 1.17 bits per heavy atom. The number of aromatic carboxylic acids is 2. The van der Waals surface area contributed by atoms with Gasteiger partial charge in [0.05, 0.1) is 11.1 Å². The summed E-state index contributed by atoms with van der Waals surface area (Å²) in [6.45, 7) is 6.72. The van der Waals surface area contributed by atoms with Gasteiger partial charge in [-0.1, -0.05) is 149 Å². The number of rotatable bonds is 28. The van der Waals surface area contributed by atoms with E-state index in [9.17, 15) is 19.8 Å². The number of carboxylic acid groups (broad SMARTS) is 2. The molecule has 0 aliphatic heterocycles. The first-order valence-corrected chi connectivity index (χ1v) is 17.6. The molecule has 0 aliphatic carbocycles. The van der Waals surface area contributed by atoms with Crippen LogP contribution in [-0.2, 0) is 19.3 Å². The molecule has 1 aromatic carbocycles. The molecular formula is C37H64O4. The second-order valence-electron chi connectivity index (χ2n) is 12.3.